The van der Waals surface area contributed by atoms with E-state index < -0.39 is 0 Å². The SMILES string of the molecule is CC(C)n1cc(CN(Cc2cc(C3CC3)n(C)n2)C(=O)CCl)cn1. The number of aryl methyl sites for hydroxylation is 1. The number of nitrogens with zero attached hydrogens (tertiary/aromatic N) is 5. The highest BCUT2D eigenvalue weighted by molar-refractivity contribution is 6.27. The van der Waals surface area contributed by atoms with Gasteiger partial charge in [0.15, 0.2) is 0 Å². The fourth-order valence-corrected chi connectivity index (χ4v) is 3.03. The predicted octanol–water partition coefficient (Wildman–Crippen LogP) is 2.84. The van der Waals surface area contributed by atoms with Crippen LogP contribution in [-0.4, -0.2) is 36.2 Å². The number of aromatic nitrogens is 4. The molecule has 0 aliphatic heterocycles. The molecule has 2 aromatic heterocycles. The Morgan fingerprint density at radius 2 is 2.17 bits per heavy atom. The fraction of sp³-hybridized carbons (Fsp3) is 0.588. The smallest absolute Gasteiger partial charge is 0.238 e. The van der Waals surface area contributed by atoms with E-state index in [1.54, 1.807) is 4.90 Å². The summed E-state index contributed by atoms with van der Waals surface area (Å²) in [5.74, 6) is 0.519. The molecule has 3 rings (SSSR count). The lowest BCUT2D eigenvalue weighted by Crippen LogP contribution is -2.31. The summed E-state index contributed by atoms with van der Waals surface area (Å²) in [6.07, 6.45) is 6.26. The summed E-state index contributed by atoms with van der Waals surface area (Å²) in [7, 11) is 1.97. The second-order valence-electron chi connectivity index (χ2n) is 6.76. The lowest BCUT2D eigenvalue weighted by molar-refractivity contribution is -0.129. The quantitative estimate of drug-likeness (QED) is 0.722. The highest BCUT2D eigenvalue weighted by Crippen LogP contribution is 2.40. The van der Waals surface area contributed by atoms with Gasteiger partial charge in [-0.25, -0.2) is 0 Å². The molecule has 24 heavy (non-hydrogen) atoms. The average Bonchev–Trinajstić information content (AvgIpc) is 3.16. The van der Waals surface area contributed by atoms with Crippen molar-refractivity contribution in [3.05, 3.63) is 35.4 Å². The minimum absolute atomic E-state index is 0.0271. The highest BCUT2D eigenvalue weighted by atomic mass is 35.5. The van der Waals surface area contributed by atoms with Gasteiger partial charge < -0.3 is 4.90 Å². The Balaban J connectivity index is 1.73. The summed E-state index contributed by atoms with van der Waals surface area (Å²) in [6, 6.07) is 2.41. The van der Waals surface area contributed by atoms with Crippen LogP contribution in [0.1, 0.15) is 55.6 Å². The van der Waals surface area contributed by atoms with Gasteiger partial charge in [0.2, 0.25) is 5.91 Å². The minimum atomic E-state index is -0.0902. The Bertz CT molecular complexity index is 716. The lowest BCUT2D eigenvalue weighted by atomic mass is 10.2. The first-order chi connectivity index (χ1) is 11.5. The molecule has 1 fully saturated rings. The van der Waals surface area contributed by atoms with Gasteiger partial charge in [0.25, 0.3) is 0 Å². The van der Waals surface area contributed by atoms with Crippen LogP contribution >= 0.6 is 11.6 Å². The van der Waals surface area contributed by atoms with E-state index in [9.17, 15) is 4.79 Å². The first kappa shape index (κ1) is 17.0. The molecule has 7 heteroatoms. The Hall–Kier alpha value is -1.82. The van der Waals surface area contributed by atoms with Crippen LogP contribution in [0.3, 0.4) is 0 Å². The number of hydrogen-bond donors (Lipinski definition) is 0. The van der Waals surface area contributed by atoms with E-state index in [0.29, 0.717) is 25.0 Å². The standard InChI is InChI=1S/C17H24ClN5O/c1-12(2)23-10-13(8-19-23)9-22(17(24)7-18)11-15-6-16(14-4-5-14)21(3)20-15/h6,8,10,12,14H,4-5,7,9,11H2,1-3H3. The molecular formula is C17H24ClN5O. The van der Waals surface area contributed by atoms with Gasteiger partial charge in [0.05, 0.1) is 18.4 Å². The molecule has 0 atom stereocenters. The van der Waals surface area contributed by atoms with E-state index in [1.807, 2.05) is 28.8 Å². The van der Waals surface area contributed by atoms with Gasteiger partial charge in [-0.1, -0.05) is 0 Å². The molecule has 0 radical (unpaired) electrons. The zero-order valence-electron chi connectivity index (χ0n) is 14.4. The topological polar surface area (TPSA) is 56.0 Å². The van der Waals surface area contributed by atoms with Crippen LogP contribution in [0.25, 0.3) is 0 Å². The monoisotopic (exact) mass is 349 g/mol. The third kappa shape index (κ3) is 3.80. The maximum atomic E-state index is 12.2. The van der Waals surface area contributed by atoms with Crippen molar-refractivity contribution in [2.45, 2.75) is 51.7 Å². The van der Waals surface area contributed by atoms with Gasteiger partial charge in [-0.3, -0.25) is 14.2 Å². The summed E-state index contributed by atoms with van der Waals surface area (Å²) in [5.41, 5.74) is 3.17. The summed E-state index contributed by atoms with van der Waals surface area (Å²) >= 11 is 5.79. The third-order valence-electron chi connectivity index (χ3n) is 4.34. The summed E-state index contributed by atoms with van der Waals surface area (Å²) in [4.78, 5) is 14.0. The minimum Gasteiger partial charge on any atom is -0.331 e. The zero-order valence-corrected chi connectivity index (χ0v) is 15.2. The van der Waals surface area contributed by atoms with Crippen molar-refractivity contribution in [1.82, 2.24) is 24.5 Å². The number of hydrogen-bond acceptors (Lipinski definition) is 3. The van der Waals surface area contributed by atoms with E-state index in [0.717, 1.165) is 11.3 Å². The van der Waals surface area contributed by atoms with Crippen molar-refractivity contribution < 1.29 is 4.79 Å². The molecular weight excluding hydrogens is 326 g/mol. The third-order valence-corrected chi connectivity index (χ3v) is 4.57. The van der Waals surface area contributed by atoms with Crippen LogP contribution in [0, 0.1) is 0 Å². The summed E-state index contributed by atoms with van der Waals surface area (Å²) < 4.78 is 3.83. The van der Waals surface area contributed by atoms with Gasteiger partial charge in [0, 0.05) is 43.0 Å². The van der Waals surface area contributed by atoms with Gasteiger partial charge in [0.1, 0.15) is 5.88 Å². The number of carbonyl (C=O) groups is 1. The largest absolute Gasteiger partial charge is 0.331 e. The van der Waals surface area contributed by atoms with Crippen molar-refractivity contribution in [1.29, 1.82) is 0 Å². The van der Waals surface area contributed by atoms with Gasteiger partial charge >= 0.3 is 0 Å². The first-order valence-corrected chi connectivity index (χ1v) is 8.91. The Kier molecular flexibility index (Phi) is 4.94. The van der Waals surface area contributed by atoms with Crippen LogP contribution in [0.2, 0.25) is 0 Å². The first-order valence-electron chi connectivity index (χ1n) is 8.37. The fourth-order valence-electron chi connectivity index (χ4n) is 2.86. The maximum absolute atomic E-state index is 12.2. The molecule has 6 nitrogen and oxygen atoms in total. The molecule has 0 aromatic carbocycles. The van der Waals surface area contributed by atoms with Crippen LogP contribution in [0.15, 0.2) is 18.5 Å². The molecule has 0 saturated heterocycles. The molecule has 2 heterocycles. The number of halogens is 1. The normalized spacial score (nSPS) is 14.4. The second-order valence-corrected chi connectivity index (χ2v) is 7.03. The van der Waals surface area contributed by atoms with Gasteiger partial charge in [-0.2, -0.15) is 10.2 Å². The maximum Gasteiger partial charge on any atom is 0.238 e. The Morgan fingerprint density at radius 1 is 1.42 bits per heavy atom. The summed E-state index contributed by atoms with van der Waals surface area (Å²) in [6.45, 7) is 5.12. The molecule has 1 aliphatic rings. The van der Waals surface area contributed by atoms with Crippen molar-refractivity contribution in [3.63, 3.8) is 0 Å². The Morgan fingerprint density at radius 3 is 2.75 bits per heavy atom. The summed E-state index contributed by atoms with van der Waals surface area (Å²) in [5, 5.41) is 8.90. The molecule has 1 aliphatic carbocycles. The molecule has 0 bridgehead atoms. The van der Waals surface area contributed by atoms with Crippen LogP contribution < -0.4 is 0 Å². The van der Waals surface area contributed by atoms with Gasteiger partial charge in [-0.05, 0) is 32.8 Å². The molecule has 1 saturated carbocycles. The lowest BCUT2D eigenvalue weighted by Gasteiger charge is -2.20. The van der Waals surface area contributed by atoms with Crippen LogP contribution in [0.5, 0.6) is 0 Å². The van der Waals surface area contributed by atoms with Crippen molar-refractivity contribution in [3.8, 4) is 0 Å². The number of alkyl halides is 1. The number of amides is 1. The molecule has 130 valence electrons. The van der Waals surface area contributed by atoms with Crippen molar-refractivity contribution in [2.75, 3.05) is 5.88 Å². The molecule has 0 unspecified atom stereocenters. The van der Waals surface area contributed by atoms with Crippen molar-refractivity contribution >= 4 is 17.5 Å². The van der Waals surface area contributed by atoms with Gasteiger partial charge in [-0.15, -0.1) is 11.6 Å². The van der Waals surface area contributed by atoms with E-state index in [-0.39, 0.29) is 11.8 Å². The number of carbonyl (C=O) groups excluding carboxylic acids is 1. The predicted molar refractivity (Wildman–Crippen MR) is 92.8 cm³/mol. The highest BCUT2D eigenvalue weighted by Gasteiger charge is 2.27. The molecule has 0 spiro atoms. The van der Waals surface area contributed by atoms with Crippen LogP contribution in [-0.2, 0) is 24.9 Å². The van der Waals surface area contributed by atoms with E-state index in [2.05, 4.69) is 30.1 Å². The van der Waals surface area contributed by atoms with E-state index in [4.69, 9.17) is 11.6 Å². The van der Waals surface area contributed by atoms with Crippen molar-refractivity contribution in [2.24, 2.45) is 7.05 Å². The van der Waals surface area contributed by atoms with Crippen LogP contribution in [0.4, 0.5) is 0 Å². The second kappa shape index (κ2) is 6.97. The van der Waals surface area contributed by atoms with E-state index in [1.165, 1.54) is 18.5 Å². The molecule has 2 aromatic rings. The van der Waals surface area contributed by atoms with E-state index >= 15 is 0 Å². The number of rotatable bonds is 7. The molecule has 1 amide bonds. The molecule has 0 N–H and O–H groups in total. The average molecular weight is 350 g/mol. The Labute approximate surface area is 147 Å². The zero-order chi connectivity index (χ0) is 17.3.